The molecule has 0 amide bonds. The summed E-state index contributed by atoms with van der Waals surface area (Å²) in [6.07, 6.45) is 2.59. The number of hydrogen-bond acceptors (Lipinski definition) is 3. The van der Waals surface area contributed by atoms with Crippen LogP contribution in [0.1, 0.15) is 37.0 Å². The average Bonchev–Trinajstić information content (AvgIpc) is 2.71. The number of benzene rings is 1. The average molecular weight is 220 g/mol. The van der Waals surface area contributed by atoms with Gasteiger partial charge in [-0.15, -0.1) is 0 Å². The van der Waals surface area contributed by atoms with Gasteiger partial charge in [0.1, 0.15) is 5.75 Å². The van der Waals surface area contributed by atoms with E-state index in [0.29, 0.717) is 12.2 Å². The molecule has 0 aromatic heterocycles. The molecule has 1 aliphatic carbocycles. The summed E-state index contributed by atoms with van der Waals surface area (Å²) in [4.78, 5) is 11.2. The molecule has 1 atom stereocenters. The Morgan fingerprint density at radius 3 is 3.00 bits per heavy atom. The Bertz CT molecular complexity index is 398. The lowest BCUT2D eigenvalue weighted by Crippen LogP contribution is -2.06. The van der Waals surface area contributed by atoms with Gasteiger partial charge in [0, 0.05) is 13.5 Å². The smallest absolute Gasteiger partial charge is 0.310 e. The molecule has 1 aromatic carbocycles. The van der Waals surface area contributed by atoms with Gasteiger partial charge < -0.3 is 9.47 Å². The number of hydrogen-bond donors (Lipinski definition) is 0. The lowest BCUT2D eigenvalue weighted by atomic mass is 10.1. The van der Waals surface area contributed by atoms with E-state index in [-0.39, 0.29) is 12.1 Å². The molecule has 3 heteroatoms. The lowest BCUT2D eigenvalue weighted by molar-refractivity contribution is -0.134. The summed E-state index contributed by atoms with van der Waals surface area (Å²) in [7, 11) is 1.71. The first-order chi connectivity index (χ1) is 7.74. The molecule has 3 nitrogen and oxygen atoms in total. The van der Waals surface area contributed by atoms with E-state index in [2.05, 4.69) is 0 Å². The van der Waals surface area contributed by atoms with E-state index in [1.54, 1.807) is 14.0 Å². The van der Waals surface area contributed by atoms with Crippen molar-refractivity contribution in [1.82, 2.24) is 0 Å². The Morgan fingerprint density at radius 2 is 2.31 bits per heavy atom. The first-order valence-electron chi connectivity index (χ1n) is 5.61. The van der Waals surface area contributed by atoms with E-state index in [1.807, 2.05) is 18.2 Å². The summed E-state index contributed by atoms with van der Waals surface area (Å²) < 4.78 is 10.6. The molecule has 1 unspecified atom stereocenters. The summed E-state index contributed by atoms with van der Waals surface area (Å²) >= 11 is 0. The van der Waals surface area contributed by atoms with Crippen LogP contribution >= 0.6 is 0 Å². The number of carbonyl (C=O) groups is 1. The molecule has 0 saturated heterocycles. The number of esters is 1. The van der Waals surface area contributed by atoms with Crippen molar-refractivity contribution in [2.24, 2.45) is 0 Å². The van der Waals surface area contributed by atoms with Crippen molar-refractivity contribution in [1.29, 1.82) is 0 Å². The van der Waals surface area contributed by atoms with E-state index in [1.165, 1.54) is 5.56 Å². The number of rotatable bonds is 3. The third kappa shape index (κ3) is 2.09. The van der Waals surface area contributed by atoms with E-state index < -0.39 is 0 Å². The molecule has 0 fully saturated rings. The highest BCUT2D eigenvalue weighted by Gasteiger charge is 2.22. The van der Waals surface area contributed by atoms with Crippen LogP contribution in [0.5, 0.6) is 5.75 Å². The van der Waals surface area contributed by atoms with Gasteiger partial charge in [-0.25, -0.2) is 0 Å². The largest absolute Gasteiger partial charge is 0.427 e. The maximum atomic E-state index is 11.2. The fourth-order valence-corrected chi connectivity index (χ4v) is 2.05. The fraction of sp³-hybridized carbons (Fsp3) is 0.462. The summed E-state index contributed by atoms with van der Waals surface area (Å²) in [5.74, 6) is 0.418. The first kappa shape index (κ1) is 11.1. The van der Waals surface area contributed by atoms with Crippen LogP contribution in [0.4, 0.5) is 0 Å². The second-order valence-corrected chi connectivity index (χ2v) is 3.95. The van der Waals surface area contributed by atoms with Crippen molar-refractivity contribution in [2.45, 2.75) is 32.3 Å². The Labute approximate surface area is 95.4 Å². The lowest BCUT2D eigenvalue weighted by Gasteiger charge is -2.10. The zero-order valence-electron chi connectivity index (χ0n) is 9.66. The van der Waals surface area contributed by atoms with Crippen LogP contribution in [-0.4, -0.2) is 13.1 Å². The van der Waals surface area contributed by atoms with Gasteiger partial charge in [0.25, 0.3) is 0 Å². The monoisotopic (exact) mass is 220 g/mol. The zero-order valence-corrected chi connectivity index (χ0v) is 9.66. The summed E-state index contributed by atoms with van der Waals surface area (Å²) in [5, 5.41) is 0. The SMILES string of the molecule is CCC(=O)Oc1ccc2c(c1)C(OC)CC2. The van der Waals surface area contributed by atoms with Crippen molar-refractivity contribution in [2.75, 3.05) is 7.11 Å². The van der Waals surface area contributed by atoms with Crippen LogP contribution in [0.3, 0.4) is 0 Å². The van der Waals surface area contributed by atoms with Crippen molar-refractivity contribution in [3.05, 3.63) is 29.3 Å². The van der Waals surface area contributed by atoms with Crippen LogP contribution in [0, 0.1) is 0 Å². The standard InChI is InChI=1S/C13H16O3/c1-3-13(14)16-10-6-4-9-5-7-12(15-2)11(9)8-10/h4,6,8,12H,3,5,7H2,1-2H3. The van der Waals surface area contributed by atoms with Gasteiger partial charge in [0.05, 0.1) is 6.10 Å². The van der Waals surface area contributed by atoms with Gasteiger partial charge in [0.15, 0.2) is 0 Å². The Kier molecular flexibility index (Phi) is 3.25. The molecule has 0 aliphatic heterocycles. The van der Waals surface area contributed by atoms with Gasteiger partial charge in [0.2, 0.25) is 0 Å². The summed E-state index contributed by atoms with van der Waals surface area (Å²) in [6, 6.07) is 5.79. The Balaban J connectivity index is 2.21. The number of ether oxygens (including phenoxy) is 2. The molecule has 16 heavy (non-hydrogen) atoms. The van der Waals surface area contributed by atoms with Crippen LogP contribution in [-0.2, 0) is 16.0 Å². The first-order valence-corrected chi connectivity index (χ1v) is 5.61. The molecule has 0 saturated carbocycles. The van der Waals surface area contributed by atoms with Crippen molar-refractivity contribution in [3.8, 4) is 5.75 Å². The maximum absolute atomic E-state index is 11.2. The second kappa shape index (κ2) is 4.66. The minimum Gasteiger partial charge on any atom is -0.427 e. The number of fused-ring (bicyclic) bond motifs is 1. The Hall–Kier alpha value is -1.35. The van der Waals surface area contributed by atoms with Gasteiger partial charge in [-0.1, -0.05) is 13.0 Å². The van der Waals surface area contributed by atoms with Gasteiger partial charge in [-0.3, -0.25) is 4.79 Å². The van der Waals surface area contributed by atoms with Crippen LogP contribution in [0.25, 0.3) is 0 Å². The number of carbonyl (C=O) groups excluding carboxylic acids is 1. The number of aryl methyl sites for hydroxylation is 1. The molecule has 0 bridgehead atoms. The third-order valence-corrected chi connectivity index (χ3v) is 2.94. The molecule has 86 valence electrons. The molecule has 0 spiro atoms. The van der Waals surface area contributed by atoms with Crippen molar-refractivity contribution < 1.29 is 14.3 Å². The maximum Gasteiger partial charge on any atom is 0.310 e. The van der Waals surface area contributed by atoms with Crippen molar-refractivity contribution in [3.63, 3.8) is 0 Å². The van der Waals surface area contributed by atoms with Crippen molar-refractivity contribution >= 4 is 5.97 Å². The van der Waals surface area contributed by atoms with Gasteiger partial charge in [-0.05, 0) is 36.1 Å². The normalized spacial score (nSPS) is 18.2. The minimum atomic E-state index is -0.202. The Morgan fingerprint density at radius 1 is 1.50 bits per heavy atom. The highest BCUT2D eigenvalue weighted by molar-refractivity contribution is 5.72. The predicted molar refractivity (Wildman–Crippen MR) is 60.4 cm³/mol. The molecule has 1 aromatic rings. The molecular formula is C13H16O3. The molecule has 0 N–H and O–H groups in total. The highest BCUT2D eigenvalue weighted by atomic mass is 16.5. The molecular weight excluding hydrogens is 204 g/mol. The molecule has 0 heterocycles. The fourth-order valence-electron chi connectivity index (χ4n) is 2.05. The van der Waals surface area contributed by atoms with Crippen LogP contribution in [0.15, 0.2) is 18.2 Å². The van der Waals surface area contributed by atoms with E-state index >= 15 is 0 Å². The summed E-state index contributed by atoms with van der Waals surface area (Å²) in [5.41, 5.74) is 2.45. The van der Waals surface area contributed by atoms with Crippen LogP contribution < -0.4 is 4.74 Å². The zero-order chi connectivity index (χ0) is 11.5. The van der Waals surface area contributed by atoms with Crippen LogP contribution in [0.2, 0.25) is 0 Å². The molecule has 0 radical (unpaired) electrons. The minimum absolute atomic E-state index is 0.148. The van der Waals surface area contributed by atoms with Gasteiger partial charge in [-0.2, -0.15) is 0 Å². The highest BCUT2D eigenvalue weighted by Crippen LogP contribution is 2.35. The molecule has 1 aliphatic rings. The van der Waals surface area contributed by atoms with E-state index in [4.69, 9.17) is 9.47 Å². The quantitative estimate of drug-likeness (QED) is 0.580. The second-order valence-electron chi connectivity index (χ2n) is 3.95. The number of methoxy groups -OCH3 is 1. The van der Waals surface area contributed by atoms with Gasteiger partial charge >= 0.3 is 5.97 Å². The molecule has 2 rings (SSSR count). The van der Waals surface area contributed by atoms with E-state index in [0.717, 1.165) is 18.4 Å². The predicted octanol–water partition coefficient (Wildman–Crippen LogP) is 2.64. The topological polar surface area (TPSA) is 35.5 Å². The summed E-state index contributed by atoms with van der Waals surface area (Å²) in [6.45, 7) is 1.79. The third-order valence-electron chi connectivity index (χ3n) is 2.94. The van der Waals surface area contributed by atoms with E-state index in [9.17, 15) is 4.79 Å².